The van der Waals surface area contributed by atoms with Crippen LogP contribution in [0, 0.1) is 0 Å². The molecule has 0 N–H and O–H groups in total. The van der Waals surface area contributed by atoms with E-state index in [0.29, 0.717) is 24.8 Å². The van der Waals surface area contributed by atoms with E-state index in [1.807, 2.05) is 59.5 Å². The Morgan fingerprint density at radius 2 is 1.79 bits per heavy atom. The molecule has 1 unspecified atom stereocenters. The van der Waals surface area contributed by atoms with Crippen LogP contribution in [0.2, 0.25) is 0 Å². The monoisotopic (exact) mass is 490 g/mol. The van der Waals surface area contributed by atoms with Crippen molar-refractivity contribution in [3.05, 3.63) is 88.4 Å². The van der Waals surface area contributed by atoms with E-state index in [0.717, 1.165) is 34.9 Å². The molecule has 1 aliphatic rings. The minimum atomic E-state index is -0.00384. The molecule has 6 nitrogen and oxygen atoms in total. The summed E-state index contributed by atoms with van der Waals surface area (Å²) in [6, 6.07) is 22.0. The highest BCUT2D eigenvalue weighted by atomic mass is 32.2. The first-order valence-electron chi connectivity index (χ1n) is 11.4. The first-order chi connectivity index (χ1) is 16.7. The summed E-state index contributed by atoms with van der Waals surface area (Å²) in [5, 5.41) is 6.24. The molecule has 0 bridgehead atoms. The van der Waals surface area contributed by atoms with E-state index < -0.39 is 0 Å². The topological polar surface area (TPSA) is 62.5 Å². The van der Waals surface area contributed by atoms with Gasteiger partial charge in [-0.2, -0.15) is 4.98 Å². The van der Waals surface area contributed by atoms with Crippen molar-refractivity contribution in [2.24, 2.45) is 0 Å². The lowest BCUT2D eigenvalue weighted by atomic mass is 10.1. The summed E-state index contributed by atoms with van der Waals surface area (Å²) in [5.41, 5.74) is 1.73. The Kier molecular flexibility index (Phi) is 7.08. The second-order valence-corrected chi connectivity index (χ2v) is 10.2. The van der Waals surface area contributed by atoms with Crippen LogP contribution in [0.3, 0.4) is 0 Å². The second-order valence-electron chi connectivity index (χ2n) is 8.19. The fourth-order valence-corrected chi connectivity index (χ4v) is 5.88. The quantitative estimate of drug-likeness (QED) is 0.314. The van der Waals surface area contributed by atoms with Gasteiger partial charge in [-0.25, -0.2) is 0 Å². The predicted octanol–water partition coefficient (Wildman–Crippen LogP) is 5.61. The summed E-state index contributed by atoms with van der Waals surface area (Å²) < 4.78 is 5.57. The van der Waals surface area contributed by atoms with Gasteiger partial charge in [-0.3, -0.25) is 9.69 Å². The molecule has 5 rings (SSSR count). The van der Waals surface area contributed by atoms with Gasteiger partial charge in [0.1, 0.15) is 0 Å². The van der Waals surface area contributed by atoms with Crippen molar-refractivity contribution in [1.82, 2.24) is 19.9 Å². The van der Waals surface area contributed by atoms with Crippen LogP contribution >= 0.6 is 23.1 Å². The highest BCUT2D eigenvalue weighted by Gasteiger charge is 2.29. The van der Waals surface area contributed by atoms with Gasteiger partial charge in [0.05, 0.1) is 11.6 Å². The van der Waals surface area contributed by atoms with Crippen molar-refractivity contribution in [1.29, 1.82) is 0 Å². The number of nitrogens with zero attached hydrogens (tertiary/aromatic N) is 4. The van der Waals surface area contributed by atoms with Gasteiger partial charge in [0.15, 0.2) is 0 Å². The Bertz CT molecular complexity index is 1220. The Morgan fingerprint density at radius 3 is 2.56 bits per heavy atom. The number of hydrogen-bond acceptors (Lipinski definition) is 7. The molecule has 1 atom stereocenters. The summed E-state index contributed by atoms with van der Waals surface area (Å²) in [6.45, 7) is 4.96. The third kappa shape index (κ3) is 5.09. The van der Waals surface area contributed by atoms with E-state index in [4.69, 9.17) is 4.52 Å². The summed E-state index contributed by atoms with van der Waals surface area (Å²) in [6.07, 6.45) is 0. The van der Waals surface area contributed by atoms with Gasteiger partial charge < -0.3 is 9.42 Å². The molecule has 0 spiro atoms. The zero-order valence-electron chi connectivity index (χ0n) is 19.0. The molecular formula is C26H26N4O2S2. The molecule has 1 fully saturated rings. The minimum Gasteiger partial charge on any atom is -0.337 e. The summed E-state index contributed by atoms with van der Waals surface area (Å²) >= 11 is 3.47. The minimum absolute atomic E-state index is 0.00384. The molecule has 4 aromatic rings. The van der Waals surface area contributed by atoms with Gasteiger partial charge in [0.25, 0.3) is 5.91 Å². The van der Waals surface area contributed by atoms with Crippen molar-refractivity contribution in [3.63, 3.8) is 0 Å². The van der Waals surface area contributed by atoms with Crippen LogP contribution in [0.5, 0.6) is 0 Å². The van der Waals surface area contributed by atoms with E-state index in [1.54, 1.807) is 23.1 Å². The van der Waals surface area contributed by atoms with Crippen molar-refractivity contribution in [2.45, 2.75) is 23.6 Å². The van der Waals surface area contributed by atoms with Gasteiger partial charge in [-0.15, -0.1) is 23.1 Å². The Balaban J connectivity index is 1.20. The molecule has 3 heterocycles. The number of piperazine rings is 1. The average molecular weight is 491 g/mol. The third-order valence-corrected chi connectivity index (χ3v) is 8.23. The molecule has 8 heteroatoms. The standard InChI is InChI=1S/C26H26N4O2S2/c1-19(25-27-24(28-32-25)20-8-3-2-4-9-20)29-13-15-30(16-14-29)26(31)22-11-5-6-12-23(22)34-18-21-10-7-17-33-21/h2-12,17,19H,13-16,18H2,1H3. The molecule has 1 saturated heterocycles. The normalized spacial score (nSPS) is 15.4. The number of amides is 1. The average Bonchev–Trinajstić information content (AvgIpc) is 3.60. The van der Waals surface area contributed by atoms with Crippen molar-refractivity contribution >= 4 is 29.0 Å². The number of carbonyl (C=O) groups is 1. The van der Waals surface area contributed by atoms with Gasteiger partial charge >= 0.3 is 0 Å². The number of carbonyl (C=O) groups excluding carboxylic acids is 1. The van der Waals surface area contributed by atoms with Crippen LogP contribution in [-0.2, 0) is 5.75 Å². The van der Waals surface area contributed by atoms with Gasteiger partial charge in [0, 0.05) is 47.3 Å². The maximum absolute atomic E-state index is 13.3. The molecule has 0 saturated carbocycles. The van der Waals surface area contributed by atoms with Gasteiger partial charge in [-0.05, 0) is 30.5 Å². The number of rotatable bonds is 7. The maximum atomic E-state index is 13.3. The van der Waals surface area contributed by atoms with Crippen LogP contribution in [0.1, 0.15) is 34.1 Å². The van der Waals surface area contributed by atoms with Crippen molar-refractivity contribution in [2.75, 3.05) is 26.2 Å². The first kappa shape index (κ1) is 22.8. The van der Waals surface area contributed by atoms with Crippen molar-refractivity contribution in [3.8, 4) is 11.4 Å². The summed E-state index contributed by atoms with van der Waals surface area (Å²) in [7, 11) is 0. The molecule has 34 heavy (non-hydrogen) atoms. The van der Waals surface area contributed by atoms with Crippen LogP contribution in [-0.4, -0.2) is 52.0 Å². The van der Waals surface area contributed by atoms with E-state index in [1.165, 1.54) is 4.88 Å². The number of aromatic nitrogens is 2. The van der Waals surface area contributed by atoms with Crippen LogP contribution in [0.4, 0.5) is 0 Å². The molecule has 0 aliphatic carbocycles. The molecule has 1 amide bonds. The van der Waals surface area contributed by atoms with Crippen molar-refractivity contribution < 1.29 is 9.32 Å². The lowest BCUT2D eigenvalue weighted by Crippen LogP contribution is -2.49. The van der Waals surface area contributed by atoms with E-state index >= 15 is 0 Å². The van der Waals surface area contributed by atoms with Crippen LogP contribution in [0.25, 0.3) is 11.4 Å². The van der Waals surface area contributed by atoms with E-state index in [9.17, 15) is 4.79 Å². The third-order valence-electron chi connectivity index (χ3n) is 6.05. The van der Waals surface area contributed by atoms with E-state index in [-0.39, 0.29) is 11.9 Å². The van der Waals surface area contributed by atoms with Crippen LogP contribution in [0.15, 0.2) is 81.5 Å². The Hall–Kier alpha value is -2.94. The highest BCUT2D eigenvalue weighted by Crippen LogP contribution is 2.29. The number of thioether (sulfide) groups is 1. The van der Waals surface area contributed by atoms with E-state index in [2.05, 4.69) is 39.5 Å². The molecule has 1 aliphatic heterocycles. The molecule has 2 aromatic heterocycles. The number of benzene rings is 2. The van der Waals surface area contributed by atoms with Gasteiger partial charge in [-0.1, -0.05) is 53.7 Å². The van der Waals surface area contributed by atoms with Crippen LogP contribution < -0.4 is 0 Å². The zero-order valence-corrected chi connectivity index (χ0v) is 20.6. The number of hydrogen-bond donors (Lipinski definition) is 0. The SMILES string of the molecule is CC(c1nc(-c2ccccc2)no1)N1CCN(C(=O)c2ccccc2SCc2cccs2)CC1. The summed E-state index contributed by atoms with van der Waals surface area (Å²) in [4.78, 5) is 24.6. The molecule has 174 valence electrons. The maximum Gasteiger partial charge on any atom is 0.255 e. The summed E-state index contributed by atoms with van der Waals surface area (Å²) in [5.74, 6) is 2.19. The van der Waals surface area contributed by atoms with Gasteiger partial charge in [0.2, 0.25) is 11.7 Å². The predicted molar refractivity (Wildman–Crippen MR) is 136 cm³/mol. The molecule has 2 aromatic carbocycles. The Labute approximate surface area is 207 Å². The second kappa shape index (κ2) is 10.5. The smallest absolute Gasteiger partial charge is 0.255 e. The largest absolute Gasteiger partial charge is 0.337 e. The lowest BCUT2D eigenvalue weighted by molar-refractivity contribution is 0.0548. The lowest BCUT2D eigenvalue weighted by Gasteiger charge is -2.37. The fraction of sp³-hybridized carbons (Fsp3) is 0.269. The highest BCUT2D eigenvalue weighted by molar-refractivity contribution is 7.98. The number of thiophene rings is 1. The molecule has 0 radical (unpaired) electrons. The molecular weight excluding hydrogens is 464 g/mol. The fourth-order valence-electron chi connectivity index (χ4n) is 4.06. The first-order valence-corrected chi connectivity index (χ1v) is 13.2. The Morgan fingerprint density at radius 1 is 1.03 bits per heavy atom. The zero-order chi connectivity index (χ0) is 23.3.